The second kappa shape index (κ2) is 9.23. The van der Waals surface area contributed by atoms with Crippen molar-refractivity contribution in [3.05, 3.63) is 60.2 Å². The van der Waals surface area contributed by atoms with E-state index in [-0.39, 0.29) is 0 Å². The van der Waals surface area contributed by atoms with E-state index in [1.807, 2.05) is 12.1 Å². The van der Waals surface area contributed by atoms with Crippen LogP contribution in [0.15, 0.2) is 54.6 Å². The number of para-hydroxylation sites is 2. The Morgan fingerprint density at radius 3 is 2.42 bits per heavy atom. The minimum Gasteiger partial charge on any atom is -0.479 e. The maximum Gasteiger partial charge on any atom is 0.348 e. The summed E-state index contributed by atoms with van der Waals surface area (Å²) in [7, 11) is 0. The first-order valence-corrected chi connectivity index (χ1v) is 8.27. The van der Waals surface area contributed by atoms with Crippen molar-refractivity contribution in [3.63, 3.8) is 0 Å². The van der Waals surface area contributed by atoms with Crippen molar-refractivity contribution >= 4 is 17.6 Å². The Kier molecular flexibility index (Phi) is 6.75. The molecule has 26 heavy (non-hydrogen) atoms. The van der Waals surface area contributed by atoms with Gasteiger partial charge in [0, 0.05) is 0 Å². The number of nitrogens with one attached hydrogen (secondary N) is 1. The van der Waals surface area contributed by atoms with Crippen molar-refractivity contribution in [1.29, 1.82) is 5.26 Å². The van der Waals surface area contributed by atoms with Crippen LogP contribution in [-0.4, -0.2) is 24.1 Å². The number of hydrogen-bond donors (Lipinski definition) is 1. The van der Waals surface area contributed by atoms with Crippen LogP contribution in [0.4, 0.5) is 5.69 Å². The van der Waals surface area contributed by atoms with Crippen LogP contribution in [-0.2, 0) is 14.3 Å². The fourth-order valence-electron chi connectivity index (χ4n) is 2.19. The third-order valence-corrected chi connectivity index (χ3v) is 3.62. The molecule has 0 bridgehead atoms. The zero-order chi connectivity index (χ0) is 18.9. The number of hydrogen-bond acceptors (Lipinski definition) is 5. The summed E-state index contributed by atoms with van der Waals surface area (Å²) < 4.78 is 10.8. The molecular weight excluding hydrogens is 332 g/mol. The fourth-order valence-corrected chi connectivity index (χ4v) is 2.19. The van der Waals surface area contributed by atoms with Gasteiger partial charge in [0.2, 0.25) is 0 Å². The molecule has 6 heteroatoms. The maximum atomic E-state index is 12.3. The standard InChI is InChI=1S/C20H20N2O4/c1-3-18(26-16-10-5-4-6-11-16)20(24)25-14(2)19(23)22-17-12-8-7-9-15(17)13-21/h4-12,14,18H,3H2,1-2H3,(H,22,23)/t14-,18-/m1/s1. The molecule has 0 saturated heterocycles. The lowest BCUT2D eigenvalue weighted by Gasteiger charge is -2.19. The largest absolute Gasteiger partial charge is 0.479 e. The monoisotopic (exact) mass is 352 g/mol. The van der Waals surface area contributed by atoms with Gasteiger partial charge in [-0.1, -0.05) is 37.3 Å². The van der Waals surface area contributed by atoms with Gasteiger partial charge >= 0.3 is 5.97 Å². The first-order chi connectivity index (χ1) is 12.5. The van der Waals surface area contributed by atoms with Gasteiger partial charge in [-0.3, -0.25) is 4.79 Å². The van der Waals surface area contributed by atoms with Gasteiger partial charge < -0.3 is 14.8 Å². The Labute approximate surface area is 152 Å². The van der Waals surface area contributed by atoms with E-state index in [0.29, 0.717) is 23.4 Å². The van der Waals surface area contributed by atoms with Crippen molar-refractivity contribution in [1.82, 2.24) is 0 Å². The van der Waals surface area contributed by atoms with E-state index in [0.717, 1.165) is 0 Å². The van der Waals surface area contributed by atoms with Gasteiger partial charge in [-0.2, -0.15) is 5.26 Å². The van der Waals surface area contributed by atoms with Crippen LogP contribution >= 0.6 is 0 Å². The second-order valence-electron chi connectivity index (χ2n) is 5.55. The molecule has 2 atom stereocenters. The minimum absolute atomic E-state index is 0.332. The van der Waals surface area contributed by atoms with Crippen LogP contribution < -0.4 is 10.1 Å². The Hall–Kier alpha value is -3.33. The third kappa shape index (κ3) is 5.08. The summed E-state index contributed by atoms with van der Waals surface area (Å²) >= 11 is 0. The molecule has 0 aliphatic heterocycles. The van der Waals surface area contributed by atoms with Crippen LogP contribution in [0.2, 0.25) is 0 Å². The molecule has 0 spiro atoms. The first-order valence-electron chi connectivity index (χ1n) is 8.27. The molecule has 134 valence electrons. The Morgan fingerprint density at radius 2 is 1.77 bits per heavy atom. The number of benzene rings is 2. The summed E-state index contributed by atoms with van der Waals surface area (Å²) in [4.78, 5) is 24.5. The first kappa shape index (κ1) is 19.0. The molecule has 0 aliphatic rings. The predicted octanol–water partition coefficient (Wildman–Crippen LogP) is 3.29. The summed E-state index contributed by atoms with van der Waals surface area (Å²) in [6.07, 6.45) is -1.43. The van der Waals surface area contributed by atoms with E-state index in [4.69, 9.17) is 14.7 Å². The lowest BCUT2D eigenvalue weighted by molar-refractivity contribution is -0.160. The lowest BCUT2D eigenvalue weighted by atomic mass is 10.2. The van der Waals surface area contributed by atoms with Crippen molar-refractivity contribution in [2.24, 2.45) is 0 Å². The van der Waals surface area contributed by atoms with E-state index in [1.54, 1.807) is 55.5 Å². The minimum atomic E-state index is -1.03. The van der Waals surface area contributed by atoms with Crippen LogP contribution in [0.1, 0.15) is 25.8 Å². The molecule has 2 aromatic carbocycles. The average molecular weight is 352 g/mol. The summed E-state index contributed by atoms with van der Waals surface area (Å²) in [6, 6.07) is 17.5. The van der Waals surface area contributed by atoms with Crippen LogP contribution in [0.3, 0.4) is 0 Å². The van der Waals surface area contributed by atoms with E-state index in [9.17, 15) is 9.59 Å². The maximum absolute atomic E-state index is 12.3. The molecule has 0 aromatic heterocycles. The highest BCUT2D eigenvalue weighted by Crippen LogP contribution is 2.16. The van der Waals surface area contributed by atoms with Crippen molar-refractivity contribution in [2.45, 2.75) is 32.5 Å². The number of ether oxygens (including phenoxy) is 2. The molecule has 1 amide bonds. The molecule has 0 radical (unpaired) electrons. The topological polar surface area (TPSA) is 88.4 Å². The average Bonchev–Trinajstić information content (AvgIpc) is 2.67. The number of amides is 1. The van der Waals surface area contributed by atoms with Gasteiger partial charge in [0.05, 0.1) is 11.3 Å². The number of carbonyl (C=O) groups excluding carboxylic acids is 2. The second-order valence-corrected chi connectivity index (χ2v) is 5.55. The Balaban J connectivity index is 1.96. The predicted molar refractivity (Wildman–Crippen MR) is 96.5 cm³/mol. The third-order valence-electron chi connectivity index (χ3n) is 3.62. The van der Waals surface area contributed by atoms with Crippen LogP contribution in [0.5, 0.6) is 5.75 Å². The number of anilines is 1. The van der Waals surface area contributed by atoms with Crippen molar-refractivity contribution in [2.75, 3.05) is 5.32 Å². The molecule has 0 unspecified atom stereocenters. The van der Waals surface area contributed by atoms with E-state index < -0.39 is 24.1 Å². The smallest absolute Gasteiger partial charge is 0.348 e. The van der Waals surface area contributed by atoms with Gasteiger partial charge in [-0.15, -0.1) is 0 Å². The van der Waals surface area contributed by atoms with E-state index >= 15 is 0 Å². The molecule has 2 aromatic rings. The van der Waals surface area contributed by atoms with E-state index in [2.05, 4.69) is 5.32 Å². The van der Waals surface area contributed by atoms with Crippen molar-refractivity contribution in [3.8, 4) is 11.8 Å². The number of carbonyl (C=O) groups is 2. The highest BCUT2D eigenvalue weighted by atomic mass is 16.6. The molecule has 2 rings (SSSR count). The zero-order valence-corrected chi connectivity index (χ0v) is 14.6. The molecule has 1 N–H and O–H groups in total. The van der Waals surface area contributed by atoms with Gasteiger partial charge in [0.25, 0.3) is 5.91 Å². The van der Waals surface area contributed by atoms with Crippen LogP contribution in [0, 0.1) is 11.3 Å². The summed E-state index contributed by atoms with van der Waals surface area (Å²) in [5.74, 6) is -0.584. The van der Waals surface area contributed by atoms with Gasteiger partial charge in [0.15, 0.2) is 12.2 Å². The highest BCUT2D eigenvalue weighted by molar-refractivity contribution is 5.96. The number of nitrogens with zero attached hydrogens (tertiary/aromatic N) is 1. The van der Waals surface area contributed by atoms with Gasteiger partial charge in [-0.25, -0.2) is 4.79 Å². The molecular formula is C20H20N2O4. The number of rotatable bonds is 7. The number of nitriles is 1. The molecule has 0 saturated carbocycles. The molecule has 0 fully saturated rings. The molecule has 6 nitrogen and oxygen atoms in total. The van der Waals surface area contributed by atoms with Gasteiger partial charge in [-0.05, 0) is 37.6 Å². The fraction of sp³-hybridized carbons (Fsp3) is 0.250. The summed E-state index contributed by atoms with van der Waals surface area (Å²) in [5, 5.41) is 11.7. The quantitative estimate of drug-likeness (QED) is 0.773. The molecule has 0 aliphatic carbocycles. The van der Waals surface area contributed by atoms with E-state index in [1.165, 1.54) is 6.92 Å². The lowest BCUT2D eigenvalue weighted by Crippen LogP contribution is -2.36. The SMILES string of the molecule is CC[C@@H](Oc1ccccc1)C(=O)O[C@H](C)C(=O)Nc1ccccc1C#N. The molecule has 0 heterocycles. The number of esters is 1. The van der Waals surface area contributed by atoms with Gasteiger partial charge in [0.1, 0.15) is 11.8 Å². The zero-order valence-electron chi connectivity index (χ0n) is 14.6. The van der Waals surface area contributed by atoms with Crippen molar-refractivity contribution < 1.29 is 19.1 Å². The summed E-state index contributed by atoms with van der Waals surface area (Å²) in [5.41, 5.74) is 0.702. The van der Waals surface area contributed by atoms with Crippen LogP contribution in [0.25, 0.3) is 0 Å². The normalized spacial score (nSPS) is 12.3. The highest BCUT2D eigenvalue weighted by Gasteiger charge is 2.25. The Morgan fingerprint density at radius 1 is 1.12 bits per heavy atom. The Bertz CT molecular complexity index is 799. The summed E-state index contributed by atoms with van der Waals surface area (Å²) in [6.45, 7) is 3.26.